The van der Waals surface area contributed by atoms with Crippen LogP contribution in [-0.2, 0) is 11.0 Å². The van der Waals surface area contributed by atoms with Crippen LogP contribution in [0.25, 0.3) is 0 Å². The zero-order valence-electron chi connectivity index (χ0n) is 9.87. The Balaban J connectivity index is 2.89. The Labute approximate surface area is 103 Å². The van der Waals surface area contributed by atoms with Gasteiger partial charge in [0, 0.05) is 18.8 Å². The largest absolute Gasteiger partial charge is 0.481 e. The molecule has 6 heteroatoms. The van der Waals surface area contributed by atoms with E-state index in [4.69, 9.17) is 5.11 Å². The predicted molar refractivity (Wildman–Crippen MR) is 61.6 cm³/mol. The van der Waals surface area contributed by atoms with Gasteiger partial charge in [0.05, 0.1) is 12.0 Å². The Morgan fingerprint density at radius 1 is 1.39 bits per heavy atom. The molecule has 0 atom stereocenters. The molecule has 0 amide bonds. The second-order valence-corrected chi connectivity index (χ2v) is 3.77. The first kappa shape index (κ1) is 14.3. The van der Waals surface area contributed by atoms with E-state index in [2.05, 4.69) is 0 Å². The summed E-state index contributed by atoms with van der Waals surface area (Å²) in [7, 11) is 0. The van der Waals surface area contributed by atoms with Crippen molar-refractivity contribution in [3.8, 4) is 0 Å². The molecule has 1 aromatic carbocycles. The standard InChI is InChI=1S/C12H14F3NO2/c1-2-16(7-6-11(17)18)10-5-3-4-9(8-10)12(13,14)15/h3-5,8H,2,6-7H2,1H3,(H,17,18). The maximum Gasteiger partial charge on any atom is 0.416 e. The molecule has 0 aliphatic carbocycles. The number of anilines is 1. The fraction of sp³-hybridized carbons (Fsp3) is 0.417. The monoisotopic (exact) mass is 261 g/mol. The van der Waals surface area contributed by atoms with Gasteiger partial charge in [-0.1, -0.05) is 6.07 Å². The third kappa shape index (κ3) is 3.94. The lowest BCUT2D eigenvalue weighted by Gasteiger charge is -2.23. The second kappa shape index (κ2) is 5.75. The molecule has 0 aliphatic rings. The zero-order chi connectivity index (χ0) is 13.8. The minimum absolute atomic E-state index is 0.107. The Bertz CT molecular complexity index is 418. The number of carbonyl (C=O) groups is 1. The lowest BCUT2D eigenvalue weighted by atomic mass is 10.1. The normalized spacial score (nSPS) is 11.3. The number of halogens is 3. The van der Waals surface area contributed by atoms with E-state index in [1.165, 1.54) is 6.07 Å². The zero-order valence-corrected chi connectivity index (χ0v) is 9.87. The molecular formula is C12H14F3NO2. The van der Waals surface area contributed by atoms with E-state index < -0.39 is 17.7 Å². The first-order valence-corrected chi connectivity index (χ1v) is 5.48. The van der Waals surface area contributed by atoms with Crippen LogP contribution >= 0.6 is 0 Å². The maximum atomic E-state index is 12.5. The minimum Gasteiger partial charge on any atom is -0.481 e. The van der Waals surface area contributed by atoms with Gasteiger partial charge in [-0.25, -0.2) is 0 Å². The number of hydrogen-bond donors (Lipinski definition) is 1. The molecule has 1 rings (SSSR count). The number of carboxylic acids is 1. The summed E-state index contributed by atoms with van der Waals surface area (Å²) < 4.78 is 37.6. The number of hydrogen-bond acceptors (Lipinski definition) is 2. The molecule has 0 unspecified atom stereocenters. The molecule has 0 saturated heterocycles. The third-order valence-electron chi connectivity index (χ3n) is 2.52. The molecule has 0 heterocycles. The van der Waals surface area contributed by atoms with Gasteiger partial charge in [0.25, 0.3) is 0 Å². The van der Waals surface area contributed by atoms with Crippen molar-refractivity contribution in [2.45, 2.75) is 19.5 Å². The van der Waals surface area contributed by atoms with Crippen LogP contribution in [0.1, 0.15) is 18.9 Å². The van der Waals surface area contributed by atoms with Crippen LogP contribution in [0.15, 0.2) is 24.3 Å². The molecule has 0 spiro atoms. The van der Waals surface area contributed by atoms with Gasteiger partial charge >= 0.3 is 12.1 Å². The van der Waals surface area contributed by atoms with Gasteiger partial charge in [0.2, 0.25) is 0 Å². The Morgan fingerprint density at radius 2 is 2.06 bits per heavy atom. The Morgan fingerprint density at radius 3 is 2.56 bits per heavy atom. The van der Waals surface area contributed by atoms with Crippen molar-refractivity contribution in [1.82, 2.24) is 0 Å². The van der Waals surface area contributed by atoms with Crippen molar-refractivity contribution < 1.29 is 23.1 Å². The highest BCUT2D eigenvalue weighted by molar-refractivity contribution is 5.67. The van der Waals surface area contributed by atoms with Gasteiger partial charge in [0.1, 0.15) is 0 Å². The van der Waals surface area contributed by atoms with E-state index >= 15 is 0 Å². The summed E-state index contributed by atoms with van der Waals surface area (Å²) in [6, 6.07) is 4.89. The van der Waals surface area contributed by atoms with Crippen LogP contribution in [0.5, 0.6) is 0 Å². The number of benzene rings is 1. The van der Waals surface area contributed by atoms with Crippen LogP contribution in [0, 0.1) is 0 Å². The van der Waals surface area contributed by atoms with Crippen molar-refractivity contribution in [2.75, 3.05) is 18.0 Å². The van der Waals surface area contributed by atoms with E-state index in [1.807, 2.05) is 0 Å². The van der Waals surface area contributed by atoms with Crippen molar-refractivity contribution in [3.05, 3.63) is 29.8 Å². The summed E-state index contributed by atoms with van der Waals surface area (Å²) in [6.07, 6.45) is -4.49. The number of rotatable bonds is 5. The van der Waals surface area contributed by atoms with Gasteiger partial charge in [-0.15, -0.1) is 0 Å². The van der Waals surface area contributed by atoms with Crippen LogP contribution in [-0.4, -0.2) is 24.2 Å². The van der Waals surface area contributed by atoms with Gasteiger partial charge in [0.15, 0.2) is 0 Å². The van der Waals surface area contributed by atoms with Crippen LogP contribution in [0.3, 0.4) is 0 Å². The van der Waals surface area contributed by atoms with Crippen molar-refractivity contribution in [1.29, 1.82) is 0 Å². The highest BCUT2D eigenvalue weighted by Crippen LogP contribution is 2.31. The van der Waals surface area contributed by atoms with Crippen LogP contribution in [0.2, 0.25) is 0 Å². The summed E-state index contributed by atoms with van der Waals surface area (Å²) in [6.45, 7) is 2.41. The molecule has 0 aromatic heterocycles. The SMILES string of the molecule is CCN(CCC(=O)O)c1cccc(C(F)(F)F)c1. The van der Waals surface area contributed by atoms with E-state index in [0.717, 1.165) is 12.1 Å². The molecular weight excluding hydrogens is 247 g/mol. The number of carboxylic acid groups (broad SMARTS) is 1. The first-order chi connectivity index (χ1) is 8.34. The molecule has 18 heavy (non-hydrogen) atoms. The lowest BCUT2D eigenvalue weighted by molar-refractivity contribution is -0.138. The van der Waals surface area contributed by atoms with E-state index in [0.29, 0.717) is 12.2 Å². The molecule has 1 N–H and O–H groups in total. The third-order valence-corrected chi connectivity index (χ3v) is 2.52. The number of alkyl halides is 3. The lowest BCUT2D eigenvalue weighted by Crippen LogP contribution is -2.26. The van der Waals surface area contributed by atoms with Crippen molar-refractivity contribution in [3.63, 3.8) is 0 Å². The topological polar surface area (TPSA) is 40.5 Å². The molecule has 0 fully saturated rings. The smallest absolute Gasteiger partial charge is 0.416 e. The van der Waals surface area contributed by atoms with Gasteiger partial charge in [-0.05, 0) is 25.1 Å². The van der Waals surface area contributed by atoms with Crippen LogP contribution < -0.4 is 4.90 Å². The highest BCUT2D eigenvalue weighted by Gasteiger charge is 2.30. The van der Waals surface area contributed by atoms with Crippen LogP contribution in [0.4, 0.5) is 18.9 Å². The Hall–Kier alpha value is -1.72. The molecule has 3 nitrogen and oxygen atoms in total. The van der Waals surface area contributed by atoms with Gasteiger partial charge in [-0.3, -0.25) is 4.79 Å². The minimum atomic E-state index is -4.39. The van der Waals surface area contributed by atoms with E-state index in [9.17, 15) is 18.0 Å². The molecule has 0 bridgehead atoms. The average Bonchev–Trinajstić information content (AvgIpc) is 2.29. The highest BCUT2D eigenvalue weighted by atomic mass is 19.4. The summed E-state index contributed by atoms with van der Waals surface area (Å²) in [4.78, 5) is 12.1. The van der Waals surface area contributed by atoms with Gasteiger partial charge < -0.3 is 10.0 Å². The fourth-order valence-corrected chi connectivity index (χ4v) is 1.58. The summed E-state index contributed by atoms with van der Waals surface area (Å²) in [5.41, 5.74) is -0.345. The van der Waals surface area contributed by atoms with Crippen molar-refractivity contribution >= 4 is 11.7 Å². The first-order valence-electron chi connectivity index (χ1n) is 5.48. The summed E-state index contributed by atoms with van der Waals surface area (Å²) in [5, 5.41) is 8.58. The Kier molecular flexibility index (Phi) is 4.58. The van der Waals surface area contributed by atoms with E-state index in [-0.39, 0.29) is 13.0 Å². The molecule has 0 saturated carbocycles. The van der Waals surface area contributed by atoms with E-state index in [1.54, 1.807) is 17.9 Å². The second-order valence-electron chi connectivity index (χ2n) is 3.77. The maximum absolute atomic E-state index is 12.5. The molecule has 0 aliphatic heterocycles. The quantitative estimate of drug-likeness (QED) is 0.885. The fourth-order valence-electron chi connectivity index (χ4n) is 1.58. The molecule has 1 aromatic rings. The summed E-state index contributed by atoms with van der Waals surface area (Å²) >= 11 is 0. The number of aliphatic carboxylic acids is 1. The van der Waals surface area contributed by atoms with Crippen molar-refractivity contribution in [2.24, 2.45) is 0 Å². The molecule has 100 valence electrons. The average molecular weight is 261 g/mol. The summed E-state index contributed by atoms with van der Waals surface area (Å²) in [5.74, 6) is -0.972. The molecule has 0 radical (unpaired) electrons. The number of nitrogens with zero attached hydrogens (tertiary/aromatic N) is 1. The van der Waals surface area contributed by atoms with Gasteiger partial charge in [-0.2, -0.15) is 13.2 Å². The predicted octanol–water partition coefficient (Wildman–Crippen LogP) is 3.01.